The third-order valence-electron chi connectivity index (χ3n) is 7.00. The van der Waals surface area contributed by atoms with Gasteiger partial charge in [-0.05, 0) is 27.7 Å². The molecular formula is C29H20NPS. The second-order valence-electron chi connectivity index (χ2n) is 8.56. The molecule has 1 nitrogen and oxygen atoms in total. The van der Waals surface area contributed by atoms with E-state index in [1.54, 1.807) is 0 Å². The van der Waals surface area contributed by atoms with Crippen molar-refractivity contribution in [1.29, 1.82) is 0 Å². The van der Waals surface area contributed by atoms with Gasteiger partial charge in [0.15, 0.2) is 0 Å². The fourth-order valence-corrected chi connectivity index (χ4v) is 9.96. The Morgan fingerprint density at radius 1 is 0.656 bits per heavy atom. The largest absolute Gasteiger partial charge is 0.343 e. The number of benzene rings is 5. The van der Waals surface area contributed by atoms with Crippen molar-refractivity contribution in [3.63, 3.8) is 0 Å². The van der Waals surface area contributed by atoms with Crippen molar-refractivity contribution in [3.8, 4) is 11.1 Å². The minimum Gasteiger partial charge on any atom is -0.343 e. The quantitative estimate of drug-likeness (QED) is 0.272. The average Bonchev–Trinajstić information content (AvgIpc) is 3.30. The standard InChI is InChI=1S/C29H20NPS/c1-30-24-17-15-19-9-5-6-12-21(19)27(24)23-16-18-26-28(29(23)30)22-13-7-8-14-25(22)31(26,32)20-10-3-2-4-11-20/h2-18H,1H3. The first-order chi connectivity index (χ1) is 15.7. The summed E-state index contributed by atoms with van der Waals surface area (Å²) in [6.07, 6.45) is 0. The normalized spacial score (nSPS) is 17.2. The highest BCUT2D eigenvalue weighted by atomic mass is 32.4. The van der Waals surface area contributed by atoms with Crippen molar-refractivity contribution < 1.29 is 0 Å². The van der Waals surface area contributed by atoms with Gasteiger partial charge in [-0.2, -0.15) is 0 Å². The predicted octanol–water partition coefficient (Wildman–Crippen LogP) is 6.22. The zero-order valence-electron chi connectivity index (χ0n) is 17.6. The molecule has 0 amide bonds. The van der Waals surface area contributed by atoms with Crippen molar-refractivity contribution in [2.75, 3.05) is 0 Å². The van der Waals surface area contributed by atoms with E-state index in [-0.39, 0.29) is 0 Å². The Labute approximate surface area is 191 Å². The van der Waals surface area contributed by atoms with E-state index in [0.29, 0.717) is 0 Å². The average molecular weight is 446 g/mol. The van der Waals surface area contributed by atoms with Crippen LogP contribution in [-0.4, -0.2) is 4.57 Å². The van der Waals surface area contributed by atoms with Crippen LogP contribution in [-0.2, 0) is 18.9 Å². The molecule has 3 heteroatoms. The lowest BCUT2D eigenvalue weighted by Crippen LogP contribution is -2.20. The first kappa shape index (κ1) is 18.4. The summed E-state index contributed by atoms with van der Waals surface area (Å²) in [5, 5.41) is 9.14. The van der Waals surface area contributed by atoms with E-state index in [0.717, 1.165) is 0 Å². The van der Waals surface area contributed by atoms with E-state index < -0.39 is 6.04 Å². The van der Waals surface area contributed by atoms with Crippen molar-refractivity contribution in [2.45, 2.75) is 0 Å². The summed E-state index contributed by atoms with van der Waals surface area (Å²) in [4.78, 5) is 0. The molecule has 0 spiro atoms. The van der Waals surface area contributed by atoms with Gasteiger partial charge in [-0.3, -0.25) is 0 Å². The van der Waals surface area contributed by atoms with Gasteiger partial charge >= 0.3 is 0 Å². The van der Waals surface area contributed by atoms with Gasteiger partial charge in [0.05, 0.1) is 5.52 Å². The van der Waals surface area contributed by atoms with Gasteiger partial charge in [0.1, 0.15) is 0 Å². The van der Waals surface area contributed by atoms with Crippen molar-refractivity contribution in [2.24, 2.45) is 7.05 Å². The molecule has 6 aromatic rings. The van der Waals surface area contributed by atoms with Crippen LogP contribution in [0.5, 0.6) is 0 Å². The van der Waals surface area contributed by atoms with Crippen LogP contribution in [0.15, 0.2) is 103 Å². The van der Waals surface area contributed by atoms with Crippen molar-refractivity contribution >= 4 is 66.3 Å². The molecule has 0 saturated carbocycles. The Bertz CT molecular complexity index is 1760. The molecule has 2 heterocycles. The predicted molar refractivity (Wildman–Crippen MR) is 143 cm³/mol. The molecule has 32 heavy (non-hydrogen) atoms. The fourth-order valence-electron chi connectivity index (χ4n) is 5.61. The maximum atomic E-state index is 6.61. The van der Waals surface area contributed by atoms with Gasteiger partial charge in [0.2, 0.25) is 0 Å². The molecule has 0 radical (unpaired) electrons. The zero-order valence-corrected chi connectivity index (χ0v) is 19.3. The first-order valence-electron chi connectivity index (χ1n) is 10.9. The fraction of sp³-hybridized carbons (Fsp3) is 0.0345. The van der Waals surface area contributed by atoms with E-state index in [4.69, 9.17) is 11.8 Å². The molecule has 1 aliphatic rings. The lowest BCUT2D eigenvalue weighted by atomic mass is 10.00. The lowest BCUT2D eigenvalue weighted by molar-refractivity contribution is 1.02. The molecule has 1 aromatic heterocycles. The molecule has 0 fully saturated rings. The summed E-state index contributed by atoms with van der Waals surface area (Å²) in [6.45, 7) is 0. The van der Waals surface area contributed by atoms with E-state index in [2.05, 4.69) is 115 Å². The summed E-state index contributed by atoms with van der Waals surface area (Å²) >= 11 is 6.61. The van der Waals surface area contributed by atoms with E-state index in [9.17, 15) is 0 Å². The minimum absolute atomic E-state index is 1.27. The molecule has 1 aliphatic heterocycles. The monoisotopic (exact) mass is 445 g/mol. The lowest BCUT2D eigenvalue weighted by Gasteiger charge is -2.20. The maximum Gasteiger partial charge on any atom is 0.0575 e. The first-order valence-corrected chi connectivity index (χ1v) is 13.7. The van der Waals surface area contributed by atoms with E-state index in [1.165, 1.54) is 59.6 Å². The number of fused-ring (bicyclic) bond motifs is 9. The topological polar surface area (TPSA) is 4.93 Å². The second kappa shape index (κ2) is 6.42. The Morgan fingerprint density at radius 2 is 1.41 bits per heavy atom. The SMILES string of the molecule is Cn1c2ccc3ccccc3c2c2ccc3c(c21)-c1ccccc1P3(=S)c1ccccc1. The van der Waals surface area contributed by atoms with Gasteiger partial charge in [0, 0.05) is 45.5 Å². The Morgan fingerprint density at radius 3 is 2.28 bits per heavy atom. The van der Waals surface area contributed by atoms with E-state index in [1.807, 2.05) is 0 Å². The van der Waals surface area contributed by atoms with Crippen molar-refractivity contribution in [1.82, 2.24) is 4.57 Å². The summed E-state index contributed by atoms with van der Waals surface area (Å²) in [6, 6.07) is 35.3. The maximum absolute atomic E-state index is 6.61. The Kier molecular flexibility index (Phi) is 3.69. The molecule has 1 atom stereocenters. The van der Waals surface area contributed by atoms with Crippen LogP contribution in [0.4, 0.5) is 0 Å². The molecule has 0 N–H and O–H groups in total. The molecule has 0 aliphatic carbocycles. The van der Waals surface area contributed by atoms with Crippen LogP contribution >= 0.6 is 6.04 Å². The van der Waals surface area contributed by atoms with Gasteiger partial charge in [-0.25, -0.2) is 0 Å². The third kappa shape index (κ3) is 2.17. The second-order valence-corrected chi connectivity index (χ2v) is 12.9. The number of aryl methyl sites for hydroxylation is 1. The smallest absolute Gasteiger partial charge is 0.0575 e. The van der Waals surface area contributed by atoms with Crippen LogP contribution in [0.25, 0.3) is 43.7 Å². The number of aromatic nitrogens is 1. The summed E-state index contributed by atoms with van der Waals surface area (Å²) in [5.74, 6) is 0. The Balaban J connectivity index is 1.70. The minimum atomic E-state index is -2.10. The Hall–Kier alpha value is -3.19. The van der Waals surface area contributed by atoms with Crippen LogP contribution in [0.2, 0.25) is 0 Å². The summed E-state index contributed by atoms with van der Waals surface area (Å²) in [5.41, 5.74) is 5.19. The number of nitrogens with zero attached hydrogens (tertiary/aromatic N) is 1. The molecule has 1 unspecified atom stereocenters. The van der Waals surface area contributed by atoms with Gasteiger partial charge < -0.3 is 4.57 Å². The molecule has 0 bridgehead atoms. The molecule has 5 aromatic carbocycles. The third-order valence-corrected chi connectivity index (χ3v) is 12.0. The van der Waals surface area contributed by atoms with Crippen LogP contribution < -0.4 is 15.9 Å². The molecule has 7 rings (SSSR count). The molecular weight excluding hydrogens is 425 g/mol. The summed E-state index contributed by atoms with van der Waals surface area (Å²) < 4.78 is 2.38. The summed E-state index contributed by atoms with van der Waals surface area (Å²) in [7, 11) is 2.20. The van der Waals surface area contributed by atoms with Gasteiger partial charge in [0.25, 0.3) is 0 Å². The number of hydrogen-bond acceptors (Lipinski definition) is 1. The van der Waals surface area contributed by atoms with E-state index >= 15 is 0 Å². The van der Waals surface area contributed by atoms with Crippen LogP contribution in [0, 0.1) is 0 Å². The highest BCUT2D eigenvalue weighted by Gasteiger charge is 2.37. The van der Waals surface area contributed by atoms with Gasteiger partial charge in [-0.1, -0.05) is 109 Å². The van der Waals surface area contributed by atoms with Gasteiger partial charge in [-0.15, -0.1) is 0 Å². The highest BCUT2D eigenvalue weighted by Crippen LogP contribution is 2.54. The zero-order chi connectivity index (χ0) is 21.4. The number of hydrogen-bond donors (Lipinski definition) is 0. The highest BCUT2D eigenvalue weighted by molar-refractivity contribution is 8.26. The van der Waals surface area contributed by atoms with Crippen LogP contribution in [0.3, 0.4) is 0 Å². The molecule has 152 valence electrons. The molecule has 0 saturated heterocycles. The van der Waals surface area contributed by atoms with Crippen LogP contribution in [0.1, 0.15) is 0 Å². The number of rotatable bonds is 1. The van der Waals surface area contributed by atoms with Crippen molar-refractivity contribution in [3.05, 3.63) is 103 Å².